The van der Waals surface area contributed by atoms with Crippen LogP contribution in [0.1, 0.15) is 15.9 Å². The van der Waals surface area contributed by atoms with Crippen LogP contribution < -0.4 is 10.1 Å². The fourth-order valence-corrected chi connectivity index (χ4v) is 3.47. The zero-order valence-electron chi connectivity index (χ0n) is 16.1. The molecular weight excluding hydrogens is 384 g/mol. The van der Waals surface area contributed by atoms with Crippen molar-refractivity contribution in [3.8, 4) is 17.0 Å². The Morgan fingerprint density at radius 3 is 2.48 bits per heavy atom. The van der Waals surface area contributed by atoms with Gasteiger partial charge in [0.05, 0.1) is 34.6 Å². The van der Waals surface area contributed by atoms with E-state index >= 15 is 0 Å². The molecule has 1 N–H and O–H groups in total. The van der Waals surface area contributed by atoms with E-state index < -0.39 is 0 Å². The third-order valence-electron chi connectivity index (χ3n) is 4.72. The van der Waals surface area contributed by atoms with E-state index in [1.807, 2.05) is 79.7 Å². The molecule has 1 heterocycles. The Balaban J connectivity index is 1.78. The number of aryl methyl sites for hydroxylation is 1. The summed E-state index contributed by atoms with van der Waals surface area (Å²) in [5.74, 6) is 0.533. The molecule has 0 atom stereocenters. The minimum atomic E-state index is -0.232. The first kappa shape index (κ1) is 19.0. The van der Waals surface area contributed by atoms with Crippen LogP contribution in [0.4, 0.5) is 5.69 Å². The summed E-state index contributed by atoms with van der Waals surface area (Å²) >= 11 is 6.30. The molecule has 1 aromatic heterocycles. The highest BCUT2D eigenvalue weighted by atomic mass is 35.5. The Morgan fingerprint density at radius 2 is 1.76 bits per heavy atom. The summed E-state index contributed by atoms with van der Waals surface area (Å²) < 4.78 is 5.23. The average molecular weight is 403 g/mol. The Kier molecular flexibility index (Phi) is 5.19. The lowest BCUT2D eigenvalue weighted by Gasteiger charge is -2.12. The smallest absolute Gasteiger partial charge is 0.256 e. The van der Waals surface area contributed by atoms with E-state index in [0.717, 1.165) is 27.8 Å². The van der Waals surface area contributed by atoms with Crippen molar-refractivity contribution in [3.63, 3.8) is 0 Å². The van der Waals surface area contributed by atoms with Gasteiger partial charge in [-0.1, -0.05) is 35.9 Å². The molecule has 0 spiro atoms. The van der Waals surface area contributed by atoms with Crippen LogP contribution in [0, 0.1) is 6.92 Å². The topological polar surface area (TPSA) is 51.2 Å². The second-order valence-corrected chi connectivity index (χ2v) is 7.15. The zero-order chi connectivity index (χ0) is 20.4. The number of benzene rings is 3. The van der Waals surface area contributed by atoms with Crippen LogP contribution in [0.15, 0.2) is 72.8 Å². The van der Waals surface area contributed by atoms with Gasteiger partial charge in [-0.3, -0.25) is 4.79 Å². The molecule has 144 valence electrons. The van der Waals surface area contributed by atoms with Crippen LogP contribution >= 0.6 is 11.6 Å². The highest BCUT2D eigenvalue weighted by Gasteiger charge is 2.15. The van der Waals surface area contributed by atoms with Crippen molar-refractivity contribution < 1.29 is 9.53 Å². The van der Waals surface area contributed by atoms with Gasteiger partial charge in [-0.05, 0) is 61.0 Å². The van der Waals surface area contributed by atoms with Gasteiger partial charge in [-0.25, -0.2) is 4.98 Å². The van der Waals surface area contributed by atoms with Crippen molar-refractivity contribution >= 4 is 34.1 Å². The van der Waals surface area contributed by atoms with E-state index in [9.17, 15) is 4.79 Å². The summed E-state index contributed by atoms with van der Waals surface area (Å²) in [6.07, 6.45) is 0. The summed E-state index contributed by atoms with van der Waals surface area (Å²) in [6, 6.07) is 22.5. The predicted octanol–water partition coefficient (Wildman–Crippen LogP) is 6.12. The SMILES string of the molecule is COc1ccc(-c2cc(C(=O)Nc3ccc(C)cc3Cl)c3ccccc3n2)cc1. The number of carbonyl (C=O) groups excluding carboxylic acids is 1. The van der Waals surface area contributed by atoms with E-state index in [2.05, 4.69) is 5.32 Å². The van der Waals surface area contributed by atoms with Gasteiger partial charge in [0.1, 0.15) is 5.75 Å². The normalized spacial score (nSPS) is 10.7. The number of rotatable bonds is 4. The average Bonchev–Trinajstić information content (AvgIpc) is 2.75. The van der Waals surface area contributed by atoms with Crippen molar-refractivity contribution in [2.75, 3.05) is 12.4 Å². The molecule has 0 bridgehead atoms. The van der Waals surface area contributed by atoms with Crippen LogP contribution in [-0.4, -0.2) is 18.0 Å². The van der Waals surface area contributed by atoms with Crippen LogP contribution in [-0.2, 0) is 0 Å². The largest absolute Gasteiger partial charge is 0.497 e. The molecule has 29 heavy (non-hydrogen) atoms. The quantitative estimate of drug-likeness (QED) is 0.447. The van der Waals surface area contributed by atoms with E-state index in [1.165, 1.54) is 0 Å². The summed E-state index contributed by atoms with van der Waals surface area (Å²) in [6.45, 7) is 1.95. The maximum atomic E-state index is 13.1. The van der Waals surface area contributed by atoms with Gasteiger partial charge in [-0.15, -0.1) is 0 Å². The Hall–Kier alpha value is -3.37. The number of hydrogen-bond acceptors (Lipinski definition) is 3. The third kappa shape index (κ3) is 3.93. The van der Waals surface area contributed by atoms with Crippen LogP contribution in [0.25, 0.3) is 22.2 Å². The fourth-order valence-electron chi connectivity index (χ4n) is 3.18. The van der Waals surface area contributed by atoms with E-state index in [4.69, 9.17) is 21.3 Å². The standard InChI is InChI=1S/C24H19ClN2O2/c1-15-7-12-22(20(25)13-15)27-24(28)19-14-23(16-8-10-17(29-2)11-9-16)26-21-6-4-3-5-18(19)21/h3-14H,1-2H3,(H,27,28). The monoisotopic (exact) mass is 402 g/mol. The van der Waals surface area contributed by atoms with Crippen molar-refractivity contribution in [1.82, 2.24) is 4.98 Å². The Bertz CT molecular complexity index is 1200. The molecule has 4 rings (SSSR count). The number of hydrogen-bond donors (Lipinski definition) is 1. The summed E-state index contributed by atoms with van der Waals surface area (Å²) in [5, 5.41) is 4.21. The number of amides is 1. The number of carbonyl (C=O) groups is 1. The van der Waals surface area contributed by atoms with E-state index in [1.54, 1.807) is 7.11 Å². The molecule has 0 aliphatic rings. The minimum absolute atomic E-state index is 0.232. The van der Waals surface area contributed by atoms with E-state index in [-0.39, 0.29) is 5.91 Å². The predicted molar refractivity (Wildman–Crippen MR) is 118 cm³/mol. The van der Waals surface area contributed by atoms with Gasteiger partial charge in [0.2, 0.25) is 0 Å². The highest BCUT2D eigenvalue weighted by Crippen LogP contribution is 2.28. The van der Waals surface area contributed by atoms with Gasteiger partial charge < -0.3 is 10.1 Å². The molecule has 5 heteroatoms. The van der Waals surface area contributed by atoms with Crippen LogP contribution in [0.2, 0.25) is 5.02 Å². The maximum absolute atomic E-state index is 13.1. The Morgan fingerprint density at radius 1 is 1.00 bits per heavy atom. The van der Waals surface area contributed by atoms with Gasteiger partial charge in [-0.2, -0.15) is 0 Å². The number of aromatic nitrogens is 1. The first-order chi connectivity index (χ1) is 14.0. The summed E-state index contributed by atoms with van der Waals surface area (Å²) in [7, 11) is 1.63. The lowest BCUT2D eigenvalue weighted by atomic mass is 10.0. The highest BCUT2D eigenvalue weighted by molar-refractivity contribution is 6.34. The molecular formula is C24H19ClN2O2. The van der Waals surface area contributed by atoms with Gasteiger partial charge >= 0.3 is 0 Å². The number of para-hydroxylation sites is 1. The maximum Gasteiger partial charge on any atom is 0.256 e. The number of nitrogens with zero attached hydrogens (tertiary/aromatic N) is 1. The number of nitrogens with one attached hydrogen (secondary N) is 1. The van der Waals surface area contributed by atoms with Crippen LogP contribution in [0.3, 0.4) is 0 Å². The van der Waals surface area contributed by atoms with Crippen molar-refractivity contribution in [2.24, 2.45) is 0 Å². The molecule has 1 amide bonds. The lowest BCUT2D eigenvalue weighted by Crippen LogP contribution is -2.13. The molecule has 0 radical (unpaired) electrons. The van der Waals surface area contributed by atoms with Crippen LogP contribution in [0.5, 0.6) is 5.75 Å². The first-order valence-corrected chi connectivity index (χ1v) is 9.54. The molecule has 0 aliphatic heterocycles. The summed E-state index contributed by atoms with van der Waals surface area (Å²) in [4.78, 5) is 17.9. The molecule has 0 saturated carbocycles. The first-order valence-electron chi connectivity index (χ1n) is 9.17. The number of fused-ring (bicyclic) bond motifs is 1. The minimum Gasteiger partial charge on any atom is -0.497 e. The molecule has 0 fully saturated rings. The molecule has 0 unspecified atom stereocenters. The molecule has 4 aromatic rings. The van der Waals surface area contributed by atoms with E-state index in [0.29, 0.717) is 22.0 Å². The number of methoxy groups -OCH3 is 1. The van der Waals surface area contributed by atoms with Gasteiger partial charge in [0, 0.05) is 10.9 Å². The van der Waals surface area contributed by atoms with Gasteiger partial charge in [0.15, 0.2) is 0 Å². The number of ether oxygens (including phenoxy) is 1. The van der Waals surface area contributed by atoms with Crippen molar-refractivity contribution in [1.29, 1.82) is 0 Å². The summed E-state index contributed by atoms with van der Waals surface area (Å²) in [5.41, 5.74) is 4.52. The third-order valence-corrected chi connectivity index (χ3v) is 5.03. The molecule has 3 aromatic carbocycles. The zero-order valence-corrected chi connectivity index (χ0v) is 16.8. The number of anilines is 1. The number of pyridine rings is 1. The molecule has 0 saturated heterocycles. The Labute approximate surface area is 174 Å². The second-order valence-electron chi connectivity index (χ2n) is 6.74. The van der Waals surface area contributed by atoms with Crippen molar-refractivity contribution in [3.05, 3.63) is 88.9 Å². The molecule has 4 nitrogen and oxygen atoms in total. The number of halogens is 1. The fraction of sp³-hybridized carbons (Fsp3) is 0.0833. The van der Waals surface area contributed by atoms with Gasteiger partial charge in [0.25, 0.3) is 5.91 Å². The molecule has 0 aliphatic carbocycles. The lowest BCUT2D eigenvalue weighted by molar-refractivity contribution is 0.102. The van der Waals surface area contributed by atoms with Crippen molar-refractivity contribution in [2.45, 2.75) is 6.92 Å². The second kappa shape index (κ2) is 7.94.